The predicted molar refractivity (Wildman–Crippen MR) is 152 cm³/mol. The average molecular weight is 609 g/mol. The first-order chi connectivity index (χ1) is 21.3. The molecule has 3 aromatic rings. The number of hydrogen-bond donors (Lipinski definition) is 0. The molecule has 44 heavy (non-hydrogen) atoms. The molecule has 0 aliphatic carbocycles. The van der Waals surface area contributed by atoms with E-state index in [1.54, 1.807) is 24.8 Å². The molecular formula is C31H30F2N4O7. The number of carbonyl (C=O) groups is 2. The Morgan fingerprint density at radius 3 is 2.50 bits per heavy atom. The van der Waals surface area contributed by atoms with Crippen LogP contribution in [0.4, 0.5) is 19.3 Å². The van der Waals surface area contributed by atoms with E-state index >= 15 is 4.39 Å². The van der Waals surface area contributed by atoms with E-state index in [0.717, 1.165) is 17.3 Å². The smallest absolute Gasteiger partial charge is 0.431 e. The molecule has 2 aromatic carbocycles. The zero-order chi connectivity index (χ0) is 30.7. The fourth-order valence-corrected chi connectivity index (χ4v) is 6.64. The van der Waals surface area contributed by atoms with E-state index in [1.807, 2.05) is 34.2 Å². The van der Waals surface area contributed by atoms with Crippen molar-refractivity contribution in [1.29, 1.82) is 0 Å². The van der Waals surface area contributed by atoms with Crippen molar-refractivity contribution in [3.05, 3.63) is 92.9 Å². The third-order valence-corrected chi connectivity index (χ3v) is 8.40. The molecule has 5 heterocycles. The summed E-state index contributed by atoms with van der Waals surface area (Å²) in [6.45, 7) is 4.76. The van der Waals surface area contributed by atoms with Crippen LogP contribution >= 0.6 is 0 Å². The molecule has 2 saturated heterocycles. The van der Waals surface area contributed by atoms with Crippen molar-refractivity contribution in [2.75, 3.05) is 49.4 Å². The molecule has 0 N–H and O–H groups in total. The van der Waals surface area contributed by atoms with E-state index in [1.165, 1.54) is 16.9 Å². The molecule has 0 bridgehead atoms. The van der Waals surface area contributed by atoms with Crippen molar-refractivity contribution >= 4 is 17.7 Å². The number of aromatic nitrogens is 1. The van der Waals surface area contributed by atoms with Gasteiger partial charge < -0.3 is 28.7 Å². The number of halogens is 2. The first kappa shape index (κ1) is 28.3. The molecule has 0 radical (unpaired) electrons. The van der Waals surface area contributed by atoms with Crippen LogP contribution in [0.1, 0.15) is 53.1 Å². The fraction of sp³-hybridized carbons (Fsp3) is 0.387. The van der Waals surface area contributed by atoms with Crippen molar-refractivity contribution < 1.29 is 37.3 Å². The lowest BCUT2D eigenvalue weighted by atomic mass is 9.91. The fourth-order valence-electron chi connectivity index (χ4n) is 6.64. The Labute approximate surface area is 251 Å². The van der Waals surface area contributed by atoms with E-state index < -0.39 is 59.2 Å². The summed E-state index contributed by atoms with van der Waals surface area (Å²) in [5, 5.41) is 1.81. The van der Waals surface area contributed by atoms with Gasteiger partial charge in [-0.25, -0.2) is 13.6 Å². The number of nitrogens with zero attached hydrogens (tertiary/aromatic N) is 4. The van der Waals surface area contributed by atoms with Crippen LogP contribution < -0.4 is 20.1 Å². The molecule has 1 aromatic heterocycles. The molecule has 13 heteroatoms. The molecule has 4 aliphatic heterocycles. The van der Waals surface area contributed by atoms with Crippen molar-refractivity contribution in [2.45, 2.75) is 38.2 Å². The lowest BCUT2D eigenvalue weighted by Crippen LogP contribution is -2.66. The van der Waals surface area contributed by atoms with E-state index in [9.17, 15) is 18.8 Å². The Kier molecular flexibility index (Phi) is 7.01. The highest BCUT2D eigenvalue weighted by Gasteiger charge is 2.48. The number of fused-ring (bicyclic) bond motifs is 7. The van der Waals surface area contributed by atoms with Crippen LogP contribution in [-0.2, 0) is 14.2 Å². The van der Waals surface area contributed by atoms with Gasteiger partial charge in [-0.05, 0) is 31.5 Å². The largest absolute Gasteiger partial charge is 0.514 e. The summed E-state index contributed by atoms with van der Waals surface area (Å²) in [5.74, 6) is -3.00. The number of hydrogen-bond acceptors (Lipinski definition) is 9. The second-order valence-electron chi connectivity index (χ2n) is 11.3. The first-order valence-corrected chi connectivity index (χ1v) is 14.5. The minimum Gasteiger partial charge on any atom is -0.431 e. The predicted octanol–water partition coefficient (Wildman–Crippen LogP) is 3.48. The number of ether oxygens (including phenoxy) is 4. The van der Waals surface area contributed by atoms with Crippen LogP contribution in [0.15, 0.2) is 53.5 Å². The van der Waals surface area contributed by atoms with E-state index in [2.05, 4.69) is 0 Å². The molecule has 0 saturated carbocycles. The highest BCUT2D eigenvalue weighted by Crippen LogP contribution is 2.48. The van der Waals surface area contributed by atoms with Gasteiger partial charge in [0.25, 0.3) is 5.91 Å². The standard InChI is InChI=1S/C31H30F2N4O7/c1-17(2)43-31(40)44-29-23(38)9-10-36-28(29)30(39)35-12-14-42-16-24(35)37(36)27-18-5-3-4-6-21(18)34-11-13-41-15-22(34)25-19(27)7-8-20(32)26(25)33/h3-10,17,22,24,27H,11-16H2,1-2H3/t22?,24-,27-/m1/s1. The second-order valence-corrected chi connectivity index (χ2v) is 11.3. The summed E-state index contributed by atoms with van der Waals surface area (Å²) >= 11 is 0. The number of benzene rings is 2. The Hall–Kier alpha value is -4.49. The topological polar surface area (TPSA) is 103 Å². The van der Waals surface area contributed by atoms with Crippen molar-refractivity contribution in [2.24, 2.45) is 0 Å². The number of anilines is 1. The van der Waals surface area contributed by atoms with Gasteiger partial charge in [-0.2, -0.15) is 0 Å². The average Bonchev–Trinajstić information content (AvgIpc) is 3.13. The molecule has 230 valence electrons. The van der Waals surface area contributed by atoms with Gasteiger partial charge in [-0.3, -0.25) is 19.3 Å². The summed E-state index contributed by atoms with van der Waals surface area (Å²) in [4.78, 5) is 43.3. The van der Waals surface area contributed by atoms with Crippen LogP contribution in [0.2, 0.25) is 0 Å². The number of morpholine rings is 2. The van der Waals surface area contributed by atoms with Crippen LogP contribution in [0.3, 0.4) is 0 Å². The monoisotopic (exact) mass is 608 g/mol. The van der Waals surface area contributed by atoms with Gasteiger partial charge in [-0.1, -0.05) is 24.3 Å². The van der Waals surface area contributed by atoms with Crippen molar-refractivity contribution in [1.82, 2.24) is 9.58 Å². The van der Waals surface area contributed by atoms with Gasteiger partial charge in [0.05, 0.1) is 38.6 Å². The van der Waals surface area contributed by atoms with E-state index in [-0.39, 0.29) is 37.6 Å². The molecule has 1 unspecified atom stereocenters. The Balaban J connectivity index is 1.50. The lowest BCUT2D eigenvalue weighted by Gasteiger charge is -2.51. The van der Waals surface area contributed by atoms with Crippen LogP contribution in [0.25, 0.3) is 0 Å². The second kappa shape index (κ2) is 10.9. The van der Waals surface area contributed by atoms with E-state index in [0.29, 0.717) is 18.7 Å². The minimum atomic E-state index is -1.13. The number of pyridine rings is 1. The van der Waals surface area contributed by atoms with Gasteiger partial charge in [-0.15, -0.1) is 0 Å². The number of carbonyl (C=O) groups excluding carboxylic acids is 2. The minimum absolute atomic E-state index is 0.0941. The molecule has 0 spiro atoms. The van der Waals surface area contributed by atoms with Crippen molar-refractivity contribution in [3.8, 4) is 5.75 Å². The number of amides is 1. The Bertz CT molecular complexity index is 1710. The van der Waals surface area contributed by atoms with Crippen LogP contribution in [-0.4, -0.2) is 73.4 Å². The van der Waals surface area contributed by atoms with E-state index in [4.69, 9.17) is 18.9 Å². The molecule has 7 rings (SSSR count). The maximum Gasteiger partial charge on any atom is 0.514 e. The summed E-state index contributed by atoms with van der Waals surface area (Å²) in [7, 11) is 0. The molecular weight excluding hydrogens is 578 g/mol. The third kappa shape index (κ3) is 4.41. The molecule has 2 fully saturated rings. The SMILES string of the molecule is CC(C)OC(=O)Oc1c2n(ccc1=O)N([C@@H]1c3ccccc3N3CCOCC3c3c1ccc(F)c3F)[C@@H]1COCCN1C2=O. The van der Waals surface area contributed by atoms with Crippen molar-refractivity contribution in [3.63, 3.8) is 0 Å². The number of rotatable bonds is 3. The zero-order valence-corrected chi connectivity index (χ0v) is 24.1. The van der Waals surface area contributed by atoms with Crippen LogP contribution in [0.5, 0.6) is 5.75 Å². The molecule has 1 amide bonds. The lowest BCUT2D eigenvalue weighted by molar-refractivity contribution is -0.0198. The number of para-hydroxylation sites is 1. The first-order valence-electron chi connectivity index (χ1n) is 14.5. The summed E-state index contributed by atoms with van der Waals surface area (Å²) < 4.78 is 54.5. The van der Waals surface area contributed by atoms with Gasteiger partial charge in [0, 0.05) is 42.2 Å². The highest BCUT2D eigenvalue weighted by molar-refractivity contribution is 5.97. The molecule has 4 aliphatic rings. The maximum atomic E-state index is 16.0. The van der Waals surface area contributed by atoms with Crippen LogP contribution in [0, 0.1) is 11.6 Å². The summed E-state index contributed by atoms with van der Waals surface area (Å²) in [6, 6.07) is 9.98. The maximum absolute atomic E-state index is 16.0. The summed E-state index contributed by atoms with van der Waals surface area (Å²) in [6.07, 6.45) is -0.954. The third-order valence-electron chi connectivity index (χ3n) is 8.40. The Morgan fingerprint density at radius 1 is 0.955 bits per heavy atom. The summed E-state index contributed by atoms with van der Waals surface area (Å²) in [5.41, 5.74) is 1.27. The van der Waals surface area contributed by atoms with Gasteiger partial charge in [0.2, 0.25) is 11.2 Å². The molecule has 11 nitrogen and oxygen atoms in total. The zero-order valence-electron chi connectivity index (χ0n) is 24.1. The molecule has 3 atom stereocenters. The quantitative estimate of drug-likeness (QED) is 0.414. The van der Waals surface area contributed by atoms with Gasteiger partial charge in [0.15, 0.2) is 17.3 Å². The Morgan fingerprint density at radius 2 is 1.70 bits per heavy atom. The van der Waals surface area contributed by atoms with Gasteiger partial charge >= 0.3 is 6.16 Å². The van der Waals surface area contributed by atoms with Gasteiger partial charge in [0.1, 0.15) is 12.2 Å². The normalized spacial score (nSPS) is 22.3. The highest BCUT2D eigenvalue weighted by atomic mass is 19.2.